The number of anilines is 1. The van der Waals surface area contributed by atoms with Gasteiger partial charge in [0.25, 0.3) is 0 Å². The fourth-order valence-corrected chi connectivity index (χ4v) is 5.79. The van der Waals surface area contributed by atoms with Gasteiger partial charge in [0.15, 0.2) is 11.5 Å². The molecule has 4 amide bonds. The number of ether oxygens (including phenoxy) is 3. The molecule has 10 nitrogen and oxygen atoms in total. The van der Waals surface area contributed by atoms with Gasteiger partial charge in [0.05, 0.1) is 33.1 Å². The number of amides is 4. The van der Waals surface area contributed by atoms with Crippen molar-refractivity contribution in [1.29, 1.82) is 0 Å². The van der Waals surface area contributed by atoms with Crippen LogP contribution in [0.5, 0.6) is 17.2 Å². The lowest BCUT2D eigenvalue weighted by Crippen LogP contribution is -2.54. The Hall–Kier alpha value is -3.37. The maximum atomic E-state index is 13.2. The smallest absolute Gasteiger partial charge is 0.319 e. The molecule has 0 saturated carbocycles. The van der Waals surface area contributed by atoms with E-state index in [2.05, 4.69) is 27.7 Å². The first-order valence-electron chi connectivity index (χ1n) is 13.5. The van der Waals surface area contributed by atoms with Crippen LogP contribution >= 0.6 is 11.6 Å². The number of piperidine rings is 1. The Bertz CT molecular complexity index is 1140. The molecule has 2 atom stereocenters. The third-order valence-corrected chi connectivity index (χ3v) is 7.99. The molecule has 0 unspecified atom stereocenters. The van der Waals surface area contributed by atoms with E-state index in [9.17, 15) is 9.59 Å². The van der Waals surface area contributed by atoms with E-state index in [0.29, 0.717) is 41.9 Å². The minimum atomic E-state index is -0.360. The maximum absolute atomic E-state index is 13.2. The van der Waals surface area contributed by atoms with Crippen LogP contribution in [0, 0.1) is 5.92 Å². The highest BCUT2D eigenvalue weighted by Gasteiger charge is 2.41. The molecule has 0 aromatic heterocycles. The molecule has 0 radical (unpaired) electrons. The Morgan fingerprint density at radius 3 is 2.15 bits per heavy atom. The Labute approximate surface area is 241 Å². The van der Waals surface area contributed by atoms with Crippen LogP contribution in [0.4, 0.5) is 15.3 Å². The van der Waals surface area contributed by atoms with Gasteiger partial charge in [-0.15, -0.1) is 0 Å². The molecule has 4 rings (SSSR count). The van der Waals surface area contributed by atoms with Crippen molar-refractivity contribution in [3.05, 3.63) is 47.0 Å². The number of rotatable bonds is 8. The molecule has 2 heterocycles. The average Bonchev–Trinajstić information content (AvgIpc) is 3.36. The van der Waals surface area contributed by atoms with Gasteiger partial charge in [-0.05, 0) is 56.0 Å². The van der Waals surface area contributed by atoms with Crippen LogP contribution in [0.3, 0.4) is 0 Å². The molecule has 0 spiro atoms. The van der Waals surface area contributed by atoms with Crippen LogP contribution < -0.4 is 24.8 Å². The SMILES string of the molecule is COc1cc(NC(=O)N[C@@H]2CN(C(=O)N(C)C)C[C@H]2N2CCC(Cc3ccc(Cl)cc3)CC2)cc(OC)c1OC. The molecule has 2 aliphatic heterocycles. The summed E-state index contributed by atoms with van der Waals surface area (Å²) >= 11 is 6.05. The molecule has 2 saturated heterocycles. The number of halogens is 1. The van der Waals surface area contributed by atoms with Gasteiger partial charge in [0.2, 0.25) is 5.75 Å². The van der Waals surface area contributed by atoms with E-state index in [1.807, 2.05) is 17.0 Å². The van der Waals surface area contributed by atoms with Crippen molar-refractivity contribution in [1.82, 2.24) is 20.0 Å². The Balaban J connectivity index is 1.42. The summed E-state index contributed by atoms with van der Waals surface area (Å²) in [5.41, 5.74) is 1.81. The van der Waals surface area contributed by atoms with E-state index in [-0.39, 0.29) is 24.1 Å². The van der Waals surface area contributed by atoms with Crippen molar-refractivity contribution in [3.8, 4) is 17.2 Å². The van der Waals surface area contributed by atoms with E-state index >= 15 is 0 Å². The second-order valence-electron chi connectivity index (χ2n) is 10.6. The first kappa shape index (κ1) is 29.6. The fourth-order valence-electron chi connectivity index (χ4n) is 5.67. The van der Waals surface area contributed by atoms with Gasteiger partial charge < -0.3 is 34.6 Å². The lowest BCUT2D eigenvalue weighted by molar-refractivity contribution is 0.121. The summed E-state index contributed by atoms with van der Waals surface area (Å²) in [7, 11) is 8.08. The molecule has 2 aliphatic rings. The largest absolute Gasteiger partial charge is 0.493 e. The number of hydrogen-bond acceptors (Lipinski definition) is 6. The van der Waals surface area contributed by atoms with Crippen LogP contribution in [-0.2, 0) is 6.42 Å². The molecular weight excluding hydrogens is 534 g/mol. The molecule has 11 heteroatoms. The van der Waals surface area contributed by atoms with Gasteiger partial charge in [-0.1, -0.05) is 23.7 Å². The second kappa shape index (κ2) is 13.3. The molecule has 40 heavy (non-hydrogen) atoms. The standard InChI is InChI=1S/C29H40ClN5O5/c1-33(2)29(37)35-17-23(32-28(36)31-22-15-25(38-3)27(40-5)26(16-22)39-4)24(18-35)34-12-10-20(11-13-34)14-19-6-8-21(30)9-7-19/h6-9,15-16,20,23-24H,10-14,17-18H2,1-5H3,(H2,31,32,36)/t23-,24-/m1/s1. The highest BCUT2D eigenvalue weighted by Crippen LogP contribution is 2.40. The Morgan fingerprint density at radius 1 is 0.975 bits per heavy atom. The van der Waals surface area contributed by atoms with E-state index in [4.69, 9.17) is 25.8 Å². The van der Waals surface area contributed by atoms with Gasteiger partial charge in [-0.25, -0.2) is 9.59 Å². The first-order chi connectivity index (χ1) is 19.2. The molecular formula is C29H40ClN5O5. The molecule has 2 N–H and O–H groups in total. The van der Waals surface area contributed by atoms with E-state index in [1.54, 1.807) is 31.1 Å². The summed E-state index contributed by atoms with van der Waals surface area (Å²) in [6.45, 7) is 2.84. The molecule has 0 aliphatic carbocycles. The van der Waals surface area contributed by atoms with Crippen molar-refractivity contribution in [2.24, 2.45) is 5.92 Å². The zero-order valence-electron chi connectivity index (χ0n) is 23.9. The highest BCUT2D eigenvalue weighted by molar-refractivity contribution is 6.30. The fraction of sp³-hybridized carbons (Fsp3) is 0.517. The summed E-state index contributed by atoms with van der Waals surface area (Å²) < 4.78 is 16.2. The predicted molar refractivity (Wildman–Crippen MR) is 156 cm³/mol. The van der Waals surface area contributed by atoms with Crippen molar-refractivity contribution in [2.75, 3.05) is 66.9 Å². The van der Waals surface area contributed by atoms with Crippen molar-refractivity contribution < 1.29 is 23.8 Å². The lowest BCUT2D eigenvalue weighted by Gasteiger charge is -2.38. The monoisotopic (exact) mass is 573 g/mol. The molecule has 0 bridgehead atoms. The number of carbonyl (C=O) groups is 2. The number of nitrogens with one attached hydrogen (secondary N) is 2. The number of hydrogen-bond donors (Lipinski definition) is 2. The van der Waals surface area contributed by atoms with Gasteiger partial charge in [0, 0.05) is 50.4 Å². The molecule has 2 fully saturated rings. The lowest BCUT2D eigenvalue weighted by atomic mass is 9.89. The number of benzene rings is 2. The molecule has 218 valence electrons. The van der Waals surface area contributed by atoms with E-state index < -0.39 is 0 Å². The Morgan fingerprint density at radius 2 is 1.60 bits per heavy atom. The van der Waals surface area contributed by atoms with Crippen LogP contribution in [-0.4, -0.2) is 100 Å². The van der Waals surface area contributed by atoms with Crippen molar-refractivity contribution in [2.45, 2.75) is 31.3 Å². The third kappa shape index (κ3) is 7.03. The van der Waals surface area contributed by atoms with Gasteiger partial charge >= 0.3 is 12.1 Å². The zero-order valence-corrected chi connectivity index (χ0v) is 24.7. The summed E-state index contributed by atoms with van der Waals surface area (Å²) in [6, 6.07) is 10.8. The summed E-state index contributed by atoms with van der Waals surface area (Å²) in [4.78, 5) is 31.8. The minimum Gasteiger partial charge on any atom is -0.493 e. The van der Waals surface area contributed by atoms with Crippen molar-refractivity contribution >= 4 is 29.4 Å². The zero-order chi connectivity index (χ0) is 28.8. The van der Waals surface area contributed by atoms with Gasteiger partial charge in [-0.3, -0.25) is 4.90 Å². The first-order valence-corrected chi connectivity index (χ1v) is 13.9. The number of carbonyl (C=O) groups excluding carboxylic acids is 2. The van der Waals surface area contributed by atoms with Crippen molar-refractivity contribution in [3.63, 3.8) is 0 Å². The number of methoxy groups -OCH3 is 3. The summed E-state index contributed by atoms with van der Waals surface area (Å²) in [6.07, 6.45) is 3.15. The summed E-state index contributed by atoms with van der Waals surface area (Å²) in [5.74, 6) is 1.93. The van der Waals surface area contributed by atoms with E-state index in [1.165, 1.54) is 26.9 Å². The third-order valence-electron chi connectivity index (χ3n) is 7.74. The normalized spacial score (nSPS) is 19.7. The number of likely N-dealkylation sites (tertiary alicyclic amines) is 2. The van der Waals surface area contributed by atoms with Gasteiger partial charge in [-0.2, -0.15) is 0 Å². The maximum Gasteiger partial charge on any atom is 0.319 e. The summed E-state index contributed by atoms with van der Waals surface area (Å²) in [5, 5.41) is 6.77. The van der Waals surface area contributed by atoms with Crippen LogP contribution in [0.25, 0.3) is 0 Å². The van der Waals surface area contributed by atoms with Gasteiger partial charge in [0.1, 0.15) is 0 Å². The average molecular weight is 574 g/mol. The molecule has 2 aromatic rings. The topological polar surface area (TPSA) is 95.6 Å². The minimum absolute atomic E-state index is 0.0195. The number of nitrogens with zero attached hydrogens (tertiary/aromatic N) is 3. The highest BCUT2D eigenvalue weighted by atomic mass is 35.5. The number of urea groups is 2. The second-order valence-corrected chi connectivity index (χ2v) is 11.0. The molecule has 2 aromatic carbocycles. The predicted octanol–water partition coefficient (Wildman–Crippen LogP) is 4.18. The van der Waals surface area contributed by atoms with Crippen LogP contribution in [0.2, 0.25) is 5.02 Å². The quantitative estimate of drug-likeness (QED) is 0.492. The van der Waals surface area contributed by atoms with E-state index in [0.717, 1.165) is 37.4 Å². The van der Waals surface area contributed by atoms with Crippen LogP contribution in [0.15, 0.2) is 36.4 Å². The van der Waals surface area contributed by atoms with Crippen LogP contribution in [0.1, 0.15) is 18.4 Å². The Kier molecular flexibility index (Phi) is 9.86.